The number of anilines is 3. The average molecular weight is 367 g/mol. The van der Waals surface area contributed by atoms with Crippen molar-refractivity contribution in [1.29, 1.82) is 0 Å². The predicted molar refractivity (Wildman–Crippen MR) is 111 cm³/mol. The number of hydrogen-bond acceptors (Lipinski definition) is 5. The van der Waals surface area contributed by atoms with E-state index in [1.807, 2.05) is 32.2 Å². The smallest absolute Gasteiger partial charge is 0.249 e. The first-order valence-electron chi connectivity index (χ1n) is 9.76. The summed E-state index contributed by atoms with van der Waals surface area (Å²) in [6.45, 7) is 7.87. The molecule has 27 heavy (non-hydrogen) atoms. The lowest BCUT2D eigenvalue weighted by atomic mass is 10.0. The summed E-state index contributed by atoms with van der Waals surface area (Å²) >= 11 is 0. The number of rotatable bonds is 6. The van der Waals surface area contributed by atoms with E-state index in [1.165, 1.54) is 12.8 Å². The fraction of sp³-hybridized carbons (Fsp3) is 0.476. The molecule has 6 nitrogen and oxygen atoms in total. The van der Waals surface area contributed by atoms with Gasteiger partial charge in [0.2, 0.25) is 11.9 Å². The third kappa shape index (κ3) is 3.75. The molecule has 0 saturated heterocycles. The van der Waals surface area contributed by atoms with Crippen LogP contribution in [0, 0.1) is 0 Å². The summed E-state index contributed by atoms with van der Waals surface area (Å²) in [5.74, 6) is 1.49. The van der Waals surface area contributed by atoms with Crippen molar-refractivity contribution in [3.63, 3.8) is 0 Å². The summed E-state index contributed by atoms with van der Waals surface area (Å²) < 4.78 is 0. The van der Waals surface area contributed by atoms with Crippen molar-refractivity contribution in [2.45, 2.75) is 58.0 Å². The van der Waals surface area contributed by atoms with Gasteiger partial charge in [0.05, 0.1) is 6.20 Å². The van der Waals surface area contributed by atoms with Crippen LogP contribution >= 0.6 is 0 Å². The molecule has 1 amide bonds. The number of allylic oxidation sites excluding steroid dienone is 4. The number of fused-ring (bicyclic) bond motifs is 1. The van der Waals surface area contributed by atoms with E-state index in [-0.39, 0.29) is 11.9 Å². The molecule has 0 spiro atoms. The van der Waals surface area contributed by atoms with E-state index in [4.69, 9.17) is 4.98 Å². The average Bonchev–Trinajstić information content (AvgIpc) is 3.21. The normalized spacial score (nSPS) is 21.1. The molecule has 6 heteroatoms. The first-order valence-corrected chi connectivity index (χ1v) is 9.76. The highest BCUT2D eigenvalue weighted by Gasteiger charge is 2.41. The Kier molecular flexibility index (Phi) is 5.94. The van der Waals surface area contributed by atoms with Crippen molar-refractivity contribution in [2.24, 2.45) is 0 Å². The highest BCUT2D eigenvalue weighted by atomic mass is 16.2. The molecule has 1 saturated carbocycles. The largest absolute Gasteiger partial charge is 0.340 e. The Morgan fingerprint density at radius 3 is 2.78 bits per heavy atom. The lowest BCUT2D eigenvalue weighted by Crippen LogP contribution is -2.55. The van der Waals surface area contributed by atoms with Crippen LogP contribution in [0.2, 0.25) is 0 Å². The van der Waals surface area contributed by atoms with Crippen LogP contribution in [0.5, 0.6) is 0 Å². The molecule has 1 aliphatic heterocycles. The predicted octanol–water partition coefficient (Wildman–Crippen LogP) is 4.04. The second-order valence-electron chi connectivity index (χ2n) is 7.05. The summed E-state index contributed by atoms with van der Waals surface area (Å²) in [5, 5.41) is 3.22. The zero-order valence-electron chi connectivity index (χ0n) is 16.5. The van der Waals surface area contributed by atoms with Crippen molar-refractivity contribution in [2.75, 3.05) is 22.2 Å². The van der Waals surface area contributed by atoms with Crippen molar-refractivity contribution in [1.82, 2.24) is 9.97 Å². The standard InChI is InChI=1S/C21H29N5O/c1-5-8-11-15(6-2)23-21-22-14-18-19(24-21)26(16-12-9-10-13-16)17(7-3)20(27)25(18)4/h5-6,8,11,14,16-17H,2,7,9-10,12-13H2,1,3-4H3,(H,22,23,24)/b8-5-,15-11+/t17-/m1/s1. The van der Waals surface area contributed by atoms with E-state index in [0.29, 0.717) is 12.0 Å². The molecule has 1 aromatic heterocycles. The lowest BCUT2D eigenvalue weighted by molar-refractivity contribution is -0.120. The van der Waals surface area contributed by atoms with Crippen molar-refractivity contribution in [3.8, 4) is 0 Å². The maximum Gasteiger partial charge on any atom is 0.249 e. The van der Waals surface area contributed by atoms with Crippen LogP contribution < -0.4 is 15.1 Å². The monoisotopic (exact) mass is 367 g/mol. The lowest BCUT2D eigenvalue weighted by Gasteiger charge is -2.43. The molecule has 2 aliphatic rings. The van der Waals surface area contributed by atoms with Gasteiger partial charge in [-0.05, 0) is 38.3 Å². The van der Waals surface area contributed by atoms with E-state index in [0.717, 1.165) is 36.5 Å². The summed E-state index contributed by atoms with van der Waals surface area (Å²) in [6, 6.07) is 0.206. The molecule has 144 valence electrons. The highest BCUT2D eigenvalue weighted by Crippen LogP contribution is 2.39. The third-order valence-corrected chi connectivity index (χ3v) is 5.36. The third-order valence-electron chi connectivity index (χ3n) is 5.36. The summed E-state index contributed by atoms with van der Waals surface area (Å²) in [7, 11) is 1.81. The first-order chi connectivity index (χ1) is 13.1. The number of hydrogen-bond donors (Lipinski definition) is 1. The molecule has 3 rings (SSSR count). The van der Waals surface area contributed by atoms with Crippen LogP contribution in [0.15, 0.2) is 42.8 Å². The van der Waals surface area contributed by atoms with Gasteiger partial charge in [0.1, 0.15) is 11.7 Å². The van der Waals surface area contributed by atoms with Crippen molar-refractivity contribution in [3.05, 3.63) is 42.8 Å². The van der Waals surface area contributed by atoms with E-state index in [9.17, 15) is 4.79 Å². The second kappa shape index (κ2) is 8.37. The topological polar surface area (TPSA) is 61.4 Å². The van der Waals surface area contributed by atoms with E-state index >= 15 is 0 Å². The Hall–Kier alpha value is -2.63. The summed E-state index contributed by atoms with van der Waals surface area (Å²) in [4.78, 5) is 26.1. The minimum Gasteiger partial charge on any atom is -0.340 e. The van der Waals surface area contributed by atoms with E-state index in [2.05, 4.69) is 28.7 Å². The van der Waals surface area contributed by atoms with Crippen LogP contribution in [-0.2, 0) is 4.79 Å². The van der Waals surface area contributed by atoms with Crippen molar-refractivity contribution < 1.29 is 4.79 Å². The molecule has 1 aliphatic carbocycles. The number of nitrogens with zero attached hydrogens (tertiary/aromatic N) is 4. The van der Waals surface area contributed by atoms with Gasteiger partial charge in [-0.15, -0.1) is 0 Å². The molecule has 1 atom stereocenters. The zero-order valence-corrected chi connectivity index (χ0v) is 16.5. The Morgan fingerprint density at radius 1 is 1.41 bits per heavy atom. The van der Waals surface area contributed by atoms with Gasteiger partial charge >= 0.3 is 0 Å². The summed E-state index contributed by atoms with van der Waals surface area (Å²) in [5.41, 5.74) is 1.60. The quantitative estimate of drug-likeness (QED) is 0.769. The number of likely N-dealkylation sites (N-methyl/N-ethyl adjacent to an activating group) is 1. The number of carbonyl (C=O) groups excluding carboxylic acids is 1. The molecule has 0 aromatic carbocycles. The molecule has 0 unspecified atom stereocenters. The van der Waals surface area contributed by atoms with Gasteiger partial charge in [0, 0.05) is 18.8 Å². The molecular weight excluding hydrogens is 338 g/mol. The van der Waals surface area contributed by atoms with Crippen molar-refractivity contribution >= 4 is 23.4 Å². The van der Waals surface area contributed by atoms with Gasteiger partial charge in [0.15, 0.2) is 5.82 Å². The van der Waals surface area contributed by atoms with Gasteiger partial charge in [0.25, 0.3) is 0 Å². The fourth-order valence-electron chi connectivity index (χ4n) is 3.93. The molecule has 1 aromatic rings. The number of carbonyl (C=O) groups is 1. The fourth-order valence-corrected chi connectivity index (χ4v) is 3.93. The van der Waals surface area contributed by atoms with E-state index < -0.39 is 0 Å². The Bertz CT molecular complexity index is 764. The number of aromatic nitrogens is 2. The molecular formula is C21H29N5O. The van der Waals surface area contributed by atoms with Gasteiger partial charge in [-0.2, -0.15) is 4.98 Å². The van der Waals surface area contributed by atoms with E-state index in [1.54, 1.807) is 17.2 Å². The van der Waals surface area contributed by atoms with Crippen LogP contribution in [-0.4, -0.2) is 35.0 Å². The zero-order chi connectivity index (χ0) is 19.4. The maximum absolute atomic E-state index is 12.9. The molecule has 1 N–H and O–H groups in total. The van der Waals surface area contributed by atoms with Crippen LogP contribution in [0.25, 0.3) is 0 Å². The first kappa shape index (κ1) is 19.1. The minimum atomic E-state index is -0.161. The summed E-state index contributed by atoms with van der Waals surface area (Å²) in [6.07, 6.45) is 14.7. The Morgan fingerprint density at radius 2 is 2.15 bits per heavy atom. The molecule has 0 bridgehead atoms. The van der Waals surface area contributed by atoms with Gasteiger partial charge in [-0.3, -0.25) is 4.79 Å². The number of nitrogens with one attached hydrogen (secondary N) is 1. The Labute approximate surface area is 161 Å². The van der Waals surface area contributed by atoms with Gasteiger partial charge < -0.3 is 15.1 Å². The number of amides is 1. The second-order valence-corrected chi connectivity index (χ2v) is 7.05. The molecule has 2 heterocycles. The maximum atomic E-state index is 12.9. The van der Waals surface area contributed by atoms with Gasteiger partial charge in [-0.25, -0.2) is 4.98 Å². The van der Waals surface area contributed by atoms with Crippen LogP contribution in [0.4, 0.5) is 17.5 Å². The van der Waals surface area contributed by atoms with Crippen LogP contribution in [0.3, 0.4) is 0 Å². The van der Waals surface area contributed by atoms with Crippen LogP contribution in [0.1, 0.15) is 46.0 Å². The highest BCUT2D eigenvalue weighted by molar-refractivity contribution is 6.04. The molecule has 0 radical (unpaired) electrons. The van der Waals surface area contributed by atoms with Gasteiger partial charge in [-0.1, -0.05) is 38.5 Å². The Balaban J connectivity index is 2.01. The SMILES string of the molecule is C=C/C(=C\C=C/C)Nc1ncc2c(n1)N(C1CCCC1)[C@H](CC)C(=O)N2C. The minimum absolute atomic E-state index is 0.126. The molecule has 1 fully saturated rings.